The van der Waals surface area contributed by atoms with Crippen LogP contribution in [0, 0.1) is 5.92 Å². The summed E-state index contributed by atoms with van der Waals surface area (Å²) in [7, 11) is -2.85. The summed E-state index contributed by atoms with van der Waals surface area (Å²) in [4.78, 5) is 0. The average molecular weight is 233 g/mol. The van der Waals surface area contributed by atoms with Crippen LogP contribution in [0.1, 0.15) is 46.0 Å². The Morgan fingerprint density at radius 3 is 2.33 bits per heavy atom. The Morgan fingerprint density at radius 1 is 1.33 bits per heavy atom. The zero-order chi connectivity index (χ0) is 11.5. The topological polar surface area (TPSA) is 60.2 Å². The molecule has 0 unspecified atom stereocenters. The molecular formula is C11H23NO2S. The van der Waals surface area contributed by atoms with Crippen molar-refractivity contribution >= 4 is 9.84 Å². The largest absolute Gasteiger partial charge is 0.325 e. The highest BCUT2D eigenvalue weighted by molar-refractivity contribution is 7.91. The Morgan fingerprint density at radius 2 is 1.87 bits per heavy atom. The van der Waals surface area contributed by atoms with E-state index >= 15 is 0 Å². The molecule has 1 saturated carbocycles. The van der Waals surface area contributed by atoms with Gasteiger partial charge in [-0.25, -0.2) is 8.42 Å². The highest BCUT2D eigenvalue weighted by Crippen LogP contribution is 2.32. The Bertz CT molecular complexity index is 290. The minimum absolute atomic E-state index is 0.214. The van der Waals surface area contributed by atoms with Crippen molar-refractivity contribution in [3.63, 3.8) is 0 Å². The highest BCUT2D eigenvalue weighted by Gasteiger charge is 2.30. The first-order chi connectivity index (χ1) is 6.87. The Kier molecular flexibility index (Phi) is 4.18. The third kappa shape index (κ3) is 4.11. The van der Waals surface area contributed by atoms with E-state index in [2.05, 4.69) is 6.92 Å². The molecular weight excluding hydrogens is 210 g/mol. The van der Waals surface area contributed by atoms with Crippen molar-refractivity contribution in [1.29, 1.82) is 0 Å². The fourth-order valence-corrected chi connectivity index (χ4v) is 3.10. The van der Waals surface area contributed by atoms with Crippen molar-refractivity contribution in [3.05, 3.63) is 0 Å². The number of sulfone groups is 1. The van der Waals surface area contributed by atoms with E-state index < -0.39 is 9.84 Å². The molecule has 3 nitrogen and oxygen atoms in total. The van der Waals surface area contributed by atoms with E-state index in [4.69, 9.17) is 5.73 Å². The molecule has 1 fully saturated rings. The minimum Gasteiger partial charge on any atom is -0.325 e. The predicted molar refractivity (Wildman–Crippen MR) is 63.5 cm³/mol. The zero-order valence-electron chi connectivity index (χ0n) is 9.83. The van der Waals surface area contributed by atoms with E-state index in [-0.39, 0.29) is 17.0 Å². The van der Waals surface area contributed by atoms with Crippen molar-refractivity contribution < 1.29 is 8.42 Å². The van der Waals surface area contributed by atoms with Crippen LogP contribution < -0.4 is 5.73 Å². The Hall–Kier alpha value is -0.0900. The summed E-state index contributed by atoms with van der Waals surface area (Å²) in [5, 5.41) is 0. The third-order valence-corrected chi connectivity index (χ3v) is 5.33. The molecule has 0 aromatic rings. The molecule has 0 amide bonds. The van der Waals surface area contributed by atoms with E-state index in [1.165, 1.54) is 0 Å². The summed E-state index contributed by atoms with van der Waals surface area (Å²) in [6.45, 7) is 3.93. The van der Waals surface area contributed by atoms with Crippen LogP contribution in [0.15, 0.2) is 0 Å². The van der Waals surface area contributed by atoms with Gasteiger partial charge in [0.15, 0.2) is 0 Å². The lowest BCUT2D eigenvalue weighted by Crippen LogP contribution is -2.44. The SMILES string of the molecule is CCS(=O)(=O)CCC1(N)CCC(C)CC1. The minimum atomic E-state index is -2.85. The fraction of sp³-hybridized carbons (Fsp3) is 1.00. The molecule has 1 aliphatic rings. The number of hydrogen-bond acceptors (Lipinski definition) is 3. The van der Waals surface area contributed by atoms with E-state index in [1.54, 1.807) is 6.92 Å². The second-order valence-electron chi connectivity index (χ2n) is 5.03. The molecule has 90 valence electrons. The summed E-state index contributed by atoms with van der Waals surface area (Å²) < 4.78 is 22.8. The monoisotopic (exact) mass is 233 g/mol. The molecule has 2 N–H and O–H groups in total. The van der Waals surface area contributed by atoms with E-state index in [0.29, 0.717) is 6.42 Å². The molecule has 0 aromatic carbocycles. The number of nitrogens with two attached hydrogens (primary N) is 1. The normalized spacial score (nSPS) is 32.9. The molecule has 1 rings (SSSR count). The number of rotatable bonds is 4. The number of hydrogen-bond donors (Lipinski definition) is 1. The van der Waals surface area contributed by atoms with Gasteiger partial charge in [-0.05, 0) is 38.0 Å². The van der Waals surface area contributed by atoms with Crippen LogP contribution in [0.25, 0.3) is 0 Å². The molecule has 0 aromatic heterocycles. The first kappa shape index (κ1) is 13.0. The van der Waals surface area contributed by atoms with Gasteiger partial charge in [-0.3, -0.25) is 0 Å². The van der Waals surface area contributed by atoms with Crippen LogP contribution >= 0.6 is 0 Å². The maximum Gasteiger partial charge on any atom is 0.150 e. The van der Waals surface area contributed by atoms with E-state index in [0.717, 1.165) is 31.6 Å². The summed E-state index contributed by atoms with van der Waals surface area (Å²) in [6.07, 6.45) is 4.88. The van der Waals surface area contributed by atoms with Gasteiger partial charge in [0, 0.05) is 11.3 Å². The summed E-state index contributed by atoms with van der Waals surface area (Å²) in [5.74, 6) is 1.25. The second kappa shape index (κ2) is 4.83. The fourth-order valence-electron chi connectivity index (χ4n) is 2.09. The van der Waals surface area contributed by atoms with Crippen molar-refractivity contribution in [2.75, 3.05) is 11.5 Å². The van der Waals surface area contributed by atoms with Crippen LogP contribution in [0.2, 0.25) is 0 Å². The van der Waals surface area contributed by atoms with Gasteiger partial charge >= 0.3 is 0 Å². The van der Waals surface area contributed by atoms with E-state index in [9.17, 15) is 8.42 Å². The van der Waals surface area contributed by atoms with Crippen molar-refractivity contribution in [2.45, 2.75) is 51.5 Å². The van der Waals surface area contributed by atoms with Gasteiger partial charge in [-0.1, -0.05) is 13.8 Å². The van der Waals surface area contributed by atoms with Gasteiger partial charge in [0.05, 0.1) is 5.75 Å². The maximum atomic E-state index is 11.4. The van der Waals surface area contributed by atoms with Gasteiger partial charge in [0.25, 0.3) is 0 Å². The lowest BCUT2D eigenvalue weighted by molar-refractivity contribution is 0.239. The van der Waals surface area contributed by atoms with Gasteiger partial charge in [-0.2, -0.15) is 0 Å². The lowest BCUT2D eigenvalue weighted by atomic mass is 9.76. The van der Waals surface area contributed by atoms with Crippen LogP contribution in [0.4, 0.5) is 0 Å². The molecule has 0 heterocycles. The van der Waals surface area contributed by atoms with Crippen LogP contribution in [-0.4, -0.2) is 25.5 Å². The average Bonchev–Trinajstić information content (AvgIpc) is 2.21. The summed E-state index contributed by atoms with van der Waals surface area (Å²) in [5.41, 5.74) is 6.01. The maximum absolute atomic E-state index is 11.4. The lowest BCUT2D eigenvalue weighted by Gasteiger charge is -2.36. The molecule has 0 radical (unpaired) electrons. The Balaban J connectivity index is 2.44. The smallest absolute Gasteiger partial charge is 0.150 e. The molecule has 0 saturated heterocycles. The third-order valence-electron chi connectivity index (χ3n) is 3.62. The first-order valence-corrected chi connectivity index (χ1v) is 7.68. The molecule has 0 spiro atoms. The second-order valence-corrected chi connectivity index (χ2v) is 7.50. The van der Waals surface area contributed by atoms with Crippen molar-refractivity contribution in [2.24, 2.45) is 11.7 Å². The van der Waals surface area contributed by atoms with Crippen molar-refractivity contribution in [1.82, 2.24) is 0 Å². The van der Waals surface area contributed by atoms with E-state index in [1.807, 2.05) is 0 Å². The van der Waals surface area contributed by atoms with Crippen LogP contribution in [0.5, 0.6) is 0 Å². The molecule has 0 aliphatic heterocycles. The van der Waals surface area contributed by atoms with Gasteiger partial charge in [0.1, 0.15) is 9.84 Å². The molecule has 0 bridgehead atoms. The predicted octanol–water partition coefficient (Wildman–Crippen LogP) is 1.72. The molecule has 1 aliphatic carbocycles. The molecule has 4 heteroatoms. The summed E-state index contributed by atoms with van der Waals surface area (Å²) in [6, 6.07) is 0. The Labute approximate surface area is 93.3 Å². The molecule has 0 atom stereocenters. The zero-order valence-corrected chi connectivity index (χ0v) is 10.6. The highest BCUT2D eigenvalue weighted by atomic mass is 32.2. The summed E-state index contributed by atoms with van der Waals surface area (Å²) >= 11 is 0. The van der Waals surface area contributed by atoms with Crippen molar-refractivity contribution in [3.8, 4) is 0 Å². The van der Waals surface area contributed by atoms with Crippen LogP contribution in [0.3, 0.4) is 0 Å². The van der Waals surface area contributed by atoms with Gasteiger partial charge in [0.2, 0.25) is 0 Å². The van der Waals surface area contributed by atoms with Crippen LogP contribution in [-0.2, 0) is 9.84 Å². The van der Waals surface area contributed by atoms with Gasteiger partial charge in [-0.15, -0.1) is 0 Å². The standard InChI is InChI=1S/C11H23NO2S/c1-3-15(13,14)9-8-11(12)6-4-10(2)5-7-11/h10H,3-9,12H2,1-2H3. The molecule has 15 heavy (non-hydrogen) atoms. The van der Waals surface area contributed by atoms with Gasteiger partial charge < -0.3 is 5.73 Å². The first-order valence-electron chi connectivity index (χ1n) is 5.86. The quantitative estimate of drug-likeness (QED) is 0.804.